The molecule has 224 valence electrons. The molecule has 0 heterocycles. The van der Waals surface area contributed by atoms with Crippen LogP contribution in [-0.4, -0.2) is 59.0 Å². The van der Waals surface area contributed by atoms with Crippen molar-refractivity contribution in [1.82, 2.24) is 10.2 Å². The van der Waals surface area contributed by atoms with E-state index < -0.39 is 28.5 Å². The molecule has 43 heavy (non-hydrogen) atoms. The fraction of sp³-hybridized carbons (Fsp3) is 0.212. The number of nitrogens with zero attached hydrogens (tertiary/aromatic N) is 2. The number of nitrogens with one attached hydrogen (secondary N) is 1. The molecule has 1 atom stereocenters. The molecule has 0 saturated carbocycles. The Morgan fingerprint density at radius 3 is 1.93 bits per heavy atom. The zero-order chi connectivity index (χ0) is 30.8. The Hall–Kier alpha value is -4.83. The lowest BCUT2D eigenvalue weighted by Gasteiger charge is -2.34. The van der Waals surface area contributed by atoms with Gasteiger partial charge < -0.3 is 19.7 Å². The van der Waals surface area contributed by atoms with Gasteiger partial charge >= 0.3 is 0 Å². The van der Waals surface area contributed by atoms with Gasteiger partial charge in [-0.05, 0) is 35.4 Å². The smallest absolute Gasteiger partial charge is 0.264 e. The lowest BCUT2D eigenvalue weighted by molar-refractivity contribution is -0.139. The summed E-state index contributed by atoms with van der Waals surface area (Å²) in [5, 5.41) is 2.68. The molecule has 0 bridgehead atoms. The predicted molar refractivity (Wildman–Crippen MR) is 166 cm³/mol. The van der Waals surface area contributed by atoms with E-state index in [2.05, 4.69) is 5.32 Å². The van der Waals surface area contributed by atoms with Crippen LogP contribution in [0.25, 0.3) is 0 Å². The second-order valence-electron chi connectivity index (χ2n) is 9.69. The van der Waals surface area contributed by atoms with Crippen LogP contribution < -0.4 is 19.1 Å². The van der Waals surface area contributed by atoms with Gasteiger partial charge in [0.1, 0.15) is 24.1 Å². The Kier molecular flexibility index (Phi) is 10.4. The van der Waals surface area contributed by atoms with Gasteiger partial charge in [0.05, 0.1) is 24.8 Å². The Bertz CT molecular complexity index is 1620. The van der Waals surface area contributed by atoms with E-state index in [-0.39, 0.29) is 35.2 Å². The van der Waals surface area contributed by atoms with E-state index in [1.807, 2.05) is 60.7 Å². The van der Waals surface area contributed by atoms with Crippen LogP contribution in [0.15, 0.2) is 114 Å². The first-order chi connectivity index (χ1) is 20.8. The molecule has 0 aromatic heterocycles. The van der Waals surface area contributed by atoms with E-state index in [1.165, 1.54) is 44.4 Å². The number of rotatable bonds is 13. The van der Waals surface area contributed by atoms with Crippen LogP contribution >= 0.6 is 0 Å². The van der Waals surface area contributed by atoms with Crippen molar-refractivity contribution in [1.29, 1.82) is 0 Å². The normalized spacial score (nSPS) is 11.7. The number of amides is 2. The summed E-state index contributed by atoms with van der Waals surface area (Å²) in [5.74, 6) is -0.331. The third-order valence-corrected chi connectivity index (χ3v) is 8.75. The monoisotopic (exact) mass is 601 g/mol. The quantitative estimate of drug-likeness (QED) is 0.245. The van der Waals surface area contributed by atoms with Gasteiger partial charge in [-0.15, -0.1) is 0 Å². The van der Waals surface area contributed by atoms with Crippen LogP contribution in [0.2, 0.25) is 0 Å². The highest BCUT2D eigenvalue weighted by molar-refractivity contribution is 7.92. The van der Waals surface area contributed by atoms with E-state index in [4.69, 9.17) is 9.47 Å². The third-order valence-electron chi connectivity index (χ3n) is 6.98. The highest BCUT2D eigenvalue weighted by atomic mass is 32.2. The molecule has 9 nitrogen and oxygen atoms in total. The third kappa shape index (κ3) is 7.52. The summed E-state index contributed by atoms with van der Waals surface area (Å²) in [7, 11) is 0.123. The number of hydrogen-bond acceptors (Lipinski definition) is 6. The van der Waals surface area contributed by atoms with Gasteiger partial charge in [-0.1, -0.05) is 78.9 Å². The number of sulfonamides is 1. The number of methoxy groups -OCH3 is 2. The number of carbonyl (C=O) groups excluding carboxylic acids is 2. The van der Waals surface area contributed by atoms with Crippen molar-refractivity contribution in [3.05, 3.63) is 120 Å². The molecular formula is C33H35N3O6S. The molecule has 0 radical (unpaired) electrons. The molecule has 1 N–H and O–H groups in total. The second kappa shape index (κ2) is 14.4. The van der Waals surface area contributed by atoms with Gasteiger partial charge in [0.15, 0.2) is 0 Å². The zero-order valence-electron chi connectivity index (χ0n) is 24.3. The van der Waals surface area contributed by atoms with Gasteiger partial charge in [0, 0.05) is 26.1 Å². The molecular weight excluding hydrogens is 566 g/mol. The first-order valence-electron chi connectivity index (χ1n) is 13.7. The Morgan fingerprint density at radius 1 is 0.791 bits per heavy atom. The summed E-state index contributed by atoms with van der Waals surface area (Å²) >= 11 is 0. The van der Waals surface area contributed by atoms with Crippen molar-refractivity contribution in [2.45, 2.75) is 23.9 Å². The molecule has 0 unspecified atom stereocenters. The first-order valence-corrected chi connectivity index (χ1v) is 15.1. The van der Waals surface area contributed by atoms with Crippen molar-refractivity contribution in [3.63, 3.8) is 0 Å². The van der Waals surface area contributed by atoms with Crippen molar-refractivity contribution >= 4 is 27.5 Å². The summed E-state index contributed by atoms with van der Waals surface area (Å²) in [6.45, 7) is -0.519. The summed E-state index contributed by atoms with van der Waals surface area (Å²) in [5.41, 5.74) is 1.76. The molecule has 0 aliphatic rings. The van der Waals surface area contributed by atoms with Gasteiger partial charge in [0.25, 0.3) is 10.0 Å². The fourth-order valence-electron chi connectivity index (χ4n) is 4.73. The average molecular weight is 602 g/mol. The van der Waals surface area contributed by atoms with Gasteiger partial charge in [0.2, 0.25) is 11.8 Å². The van der Waals surface area contributed by atoms with Gasteiger partial charge in [-0.25, -0.2) is 8.42 Å². The summed E-state index contributed by atoms with van der Waals surface area (Å²) < 4.78 is 40.2. The Morgan fingerprint density at radius 2 is 1.37 bits per heavy atom. The predicted octanol–water partition coefficient (Wildman–Crippen LogP) is 4.29. The van der Waals surface area contributed by atoms with Crippen LogP contribution in [0.1, 0.15) is 11.1 Å². The highest BCUT2D eigenvalue weighted by Crippen LogP contribution is 2.36. The molecule has 10 heteroatoms. The Balaban J connectivity index is 1.83. The molecule has 0 saturated heterocycles. The van der Waals surface area contributed by atoms with Crippen LogP contribution in [0, 0.1) is 0 Å². The van der Waals surface area contributed by atoms with E-state index >= 15 is 0 Å². The minimum Gasteiger partial charge on any atom is -0.497 e. The van der Waals surface area contributed by atoms with Crippen molar-refractivity contribution < 1.29 is 27.5 Å². The van der Waals surface area contributed by atoms with E-state index in [0.717, 1.165) is 15.4 Å². The minimum atomic E-state index is -4.27. The van der Waals surface area contributed by atoms with Crippen LogP contribution in [0.5, 0.6) is 11.5 Å². The van der Waals surface area contributed by atoms with Gasteiger partial charge in [-0.3, -0.25) is 13.9 Å². The SMILES string of the molecule is CNC(=O)[C@H](Cc1ccccc1)N(Cc1ccccc1)C(=O)CN(c1cc(OC)ccc1OC)S(=O)(=O)c1ccccc1. The largest absolute Gasteiger partial charge is 0.497 e. The topological polar surface area (TPSA) is 105 Å². The molecule has 0 spiro atoms. The highest BCUT2D eigenvalue weighted by Gasteiger charge is 2.35. The summed E-state index contributed by atoms with van der Waals surface area (Å²) in [6.07, 6.45) is 0.229. The van der Waals surface area contributed by atoms with E-state index in [1.54, 1.807) is 30.3 Å². The number of benzene rings is 4. The molecule has 0 fully saturated rings. The van der Waals surface area contributed by atoms with E-state index in [9.17, 15) is 18.0 Å². The molecule has 0 aliphatic carbocycles. The minimum absolute atomic E-state index is 0.00517. The second-order valence-corrected chi connectivity index (χ2v) is 11.6. The van der Waals surface area contributed by atoms with Crippen molar-refractivity contribution in [2.24, 2.45) is 0 Å². The molecule has 2 amide bonds. The van der Waals surface area contributed by atoms with Crippen LogP contribution in [-0.2, 0) is 32.6 Å². The summed E-state index contributed by atoms with van der Waals surface area (Å²) in [4.78, 5) is 29.1. The molecule has 4 aromatic rings. The number of anilines is 1. The van der Waals surface area contributed by atoms with Crippen LogP contribution in [0.3, 0.4) is 0 Å². The van der Waals surface area contributed by atoms with Crippen molar-refractivity contribution in [2.75, 3.05) is 32.1 Å². The maximum absolute atomic E-state index is 14.4. The average Bonchev–Trinajstić information content (AvgIpc) is 3.05. The van der Waals surface area contributed by atoms with Crippen molar-refractivity contribution in [3.8, 4) is 11.5 Å². The van der Waals surface area contributed by atoms with E-state index in [0.29, 0.717) is 5.75 Å². The van der Waals surface area contributed by atoms with Crippen LogP contribution in [0.4, 0.5) is 5.69 Å². The molecule has 4 aromatic carbocycles. The number of hydrogen-bond donors (Lipinski definition) is 1. The Labute approximate surface area is 252 Å². The standard InChI is InChI=1S/C33H35N3O6S/c1-34-33(38)30(21-25-13-7-4-8-14-25)35(23-26-15-9-5-10-16-26)32(37)24-36(43(39,40)28-17-11-6-12-18-28)29-22-27(41-2)19-20-31(29)42-3/h4-20,22,30H,21,23-24H2,1-3H3,(H,34,38)/t30-/m0/s1. The summed E-state index contributed by atoms with van der Waals surface area (Å²) in [6, 6.07) is 30.3. The zero-order valence-corrected chi connectivity index (χ0v) is 25.2. The molecule has 0 aliphatic heterocycles. The number of carbonyl (C=O) groups is 2. The lowest BCUT2D eigenvalue weighted by atomic mass is 10.0. The lowest BCUT2D eigenvalue weighted by Crippen LogP contribution is -2.53. The van der Waals surface area contributed by atoms with Gasteiger partial charge in [-0.2, -0.15) is 0 Å². The maximum Gasteiger partial charge on any atom is 0.264 e. The first kappa shape index (κ1) is 31.1. The fourth-order valence-corrected chi connectivity index (χ4v) is 6.16. The maximum atomic E-state index is 14.4. The number of likely N-dealkylation sites (N-methyl/N-ethyl adjacent to an activating group) is 1. The number of ether oxygens (including phenoxy) is 2. The molecule has 4 rings (SSSR count).